The minimum Gasteiger partial charge on any atom is -0.0999 e. The summed E-state index contributed by atoms with van der Waals surface area (Å²) in [5, 5.41) is 0. The lowest BCUT2D eigenvalue weighted by Gasteiger charge is -2.11. The molecule has 11 aliphatic carbocycles. The quantitative estimate of drug-likeness (QED) is 0.168. The first kappa shape index (κ1) is 64.8. The highest BCUT2D eigenvalue weighted by molar-refractivity contribution is 5.37. The summed E-state index contributed by atoms with van der Waals surface area (Å²) in [6.07, 6.45) is 79.1. The van der Waals surface area contributed by atoms with Crippen LogP contribution in [0.1, 0.15) is 205 Å². The van der Waals surface area contributed by atoms with E-state index < -0.39 is 0 Å². The van der Waals surface area contributed by atoms with Crippen LogP contribution in [0.2, 0.25) is 0 Å². The van der Waals surface area contributed by atoms with Crippen LogP contribution in [-0.2, 0) is 0 Å². The van der Waals surface area contributed by atoms with Crippen LogP contribution in [0.15, 0.2) is 243 Å². The van der Waals surface area contributed by atoms with Crippen LogP contribution in [0.25, 0.3) is 0 Å². The Morgan fingerprint density at radius 1 is 0.208 bits per heavy atom. The van der Waals surface area contributed by atoms with Crippen molar-refractivity contribution in [1.82, 2.24) is 0 Å². The standard InChI is InChI=1S/C8H14.C8H12.C8H10.C7H12.C7H10.C7H8.C6H10.C6H8.C6H6.C5H8.C4H6/c3*1-8-6-4-2-3-5-7-8;3*1-7-5-3-2-4-6-7;3*1-6-4-2-3-5-6;1-5-3-2-4-5;1-4-2-3-4/h1-7H2;4,6H,1-3,5,7H2;4-7H,1-3H2;1-6H2;3,5H,1-2,4,6H2;3-6H,1-2H2;1-5H2;2,4H,1,3,5H2;2-5H,1H2;1-4H2;1-3H2. The van der Waals surface area contributed by atoms with E-state index in [4.69, 9.17) is 0 Å². The molecular weight excluding hydrogens is 865 g/mol. The lowest BCUT2D eigenvalue weighted by Crippen LogP contribution is -1.92. The minimum absolute atomic E-state index is 1.07. The maximum absolute atomic E-state index is 3.97. The lowest BCUT2D eigenvalue weighted by atomic mass is 9.95. The SMILES string of the molecule is C=C1C=CC=C1.C=C1C=CCC1.C=C1C=CCC=C1.C=C1C=CCCC1.C=C1C=CCCC=C1.C=C1C=CCCCC1.C=C1CC1.C=C1CCC1.C=C1CCCC1.C=C1CCCCC1.C=C1CCCCCC1. The van der Waals surface area contributed by atoms with Gasteiger partial charge in [0.2, 0.25) is 0 Å². The maximum atomic E-state index is 3.97. The van der Waals surface area contributed by atoms with Gasteiger partial charge >= 0.3 is 0 Å². The molecule has 0 N–H and O–H groups in total. The molecule has 0 radical (unpaired) electrons. The maximum Gasteiger partial charge on any atom is -0.0163 e. The van der Waals surface area contributed by atoms with Crippen LogP contribution in [0.5, 0.6) is 0 Å². The molecule has 11 rings (SSSR count). The third kappa shape index (κ3) is 45.9. The monoisotopic (exact) mass is 969 g/mol. The summed E-state index contributed by atoms with van der Waals surface area (Å²) in [5.74, 6) is 0. The van der Waals surface area contributed by atoms with Crippen molar-refractivity contribution in [2.75, 3.05) is 0 Å². The van der Waals surface area contributed by atoms with Gasteiger partial charge in [0, 0.05) is 0 Å². The van der Waals surface area contributed by atoms with E-state index in [1.54, 1.807) is 0 Å². The average Bonchev–Trinajstić information content (AvgIpc) is 3.78. The fourth-order valence-electron chi connectivity index (χ4n) is 7.70. The molecule has 0 spiro atoms. The van der Waals surface area contributed by atoms with Gasteiger partial charge in [-0.25, -0.2) is 0 Å². The molecule has 0 aliphatic heterocycles. The lowest BCUT2D eigenvalue weighted by molar-refractivity contribution is 0.601. The molecule has 0 amide bonds. The van der Waals surface area contributed by atoms with Gasteiger partial charge in [-0.3, -0.25) is 0 Å². The number of hydrogen-bond donors (Lipinski definition) is 0. The van der Waals surface area contributed by atoms with Gasteiger partial charge in [-0.1, -0.05) is 246 Å². The second kappa shape index (κ2) is 45.6. The van der Waals surface area contributed by atoms with Gasteiger partial charge in [-0.2, -0.15) is 0 Å². The fraction of sp³-hybridized carbons (Fsp3) is 0.444. The highest BCUT2D eigenvalue weighted by atomic mass is 14.1. The van der Waals surface area contributed by atoms with Gasteiger partial charge in [0.15, 0.2) is 0 Å². The Morgan fingerprint density at radius 2 is 0.514 bits per heavy atom. The zero-order valence-corrected chi connectivity index (χ0v) is 46.3. The van der Waals surface area contributed by atoms with Crippen molar-refractivity contribution in [1.29, 1.82) is 0 Å². The van der Waals surface area contributed by atoms with E-state index in [1.165, 1.54) is 231 Å². The van der Waals surface area contributed by atoms with Gasteiger partial charge in [-0.05, 0) is 203 Å². The van der Waals surface area contributed by atoms with Crippen molar-refractivity contribution in [3.8, 4) is 0 Å². The fourth-order valence-corrected chi connectivity index (χ4v) is 7.70. The molecule has 11 aliphatic rings. The Hall–Kier alpha value is -5.20. The van der Waals surface area contributed by atoms with Crippen LogP contribution in [0.4, 0.5) is 0 Å². The molecule has 0 bridgehead atoms. The molecule has 0 nitrogen and oxygen atoms in total. The Kier molecular flexibility index (Phi) is 41.1. The van der Waals surface area contributed by atoms with Crippen molar-refractivity contribution < 1.29 is 0 Å². The predicted molar refractivity (Wildman–Crippen MR) is 331 cm³/mol. The van der Waals surface area contributed by atoms with Crippen LogP contribution in [0.3, 0.4) is 0 Å². The van der Waals surface area contributed by atoms with Crippen LogP contribution < -0.4 is 0 Å². The summed E-state index contributed by atoms with van der Waals surface area (Å²) in [5.41, 5.74) is 14.4. The molecule has 0 heteroatoms. The molecule has 0 heterocycles. The normalized spacial score (nSPS) is 20.5. The first-order valence-corrected chi connectivity index (χ1v) is 28.3. The molecule has 0 saturated heterocycles. The highest BCUT2D eigenvalue weighted by Gasteiger charge is 2.05. The predicted octanol–water partition coefficient (Wildman–Crippen LogP) is 23.6. The Morgan fingerprint density at radius 3 is 0.792 bits per heavy atom. The van der Waals surface area contributed by atoms with E-state index in [1.807, 2.05) is 36.5 Å². The van der Waals surface area contributed by atoms with E-state index in [9.17, 15) is 0 Å². The summed E-state index contributed by atoms with van der Waals surface area (Å²) < 4.78 is 0. The van der Waals surface area contributed by atoms with Crippen LogP contribution in [0, 0.1) is 0 Å². The molecule has 0 aromatic carbocycles. The summed E-state index contributed by atoms with van der Waals surface area (Å²) >= 11 is 0. The minimum atomic E-state index is 1.07. The molecule has 0 atom stereocenters. The van der Waals surface area contributed by atoms with E-state index in [-0.39, 0.29) is 0 Å². The van der Waals surface area contributed by atoms with Gasteiger partial charge in [0.1, 0.15) is 0 Å². The molecule has 0 unspecified atom stereocenters. The number of hydrogen-bond acceptors (Lipinski definition) is 0. The summed E-state index contributed by atoms with van der Waals surface area (Å²) in [7, 11) is 0. The third-order valence-electron chi connectivity index (χ3n) is 12.9. The average molecular weight is 970 g/mol. The van der Waals surface area contributed by atoms with E-state index in [2.05, 4.69) is 145 Å². The second-order valence-corrected chi connectivity index (χ2v) is 20.5. The third-order valence-corrected chi connectivity index (χ3v) is 12.9. The van der Waals surface area contributed by atoms with Crippen molar-refractivity contribution >= 4 is 0 Å². The molecule has 5 saturated carbocycles. The topological polar surface area (TPSA) is 0 Å². The first-order chi connectivity index (χ1) is 34.8. The Balaban J connectivity index is 0.000000398. The van der Waals surface area contributed by atoms with Crippen molar-refractivity contribution in [2.45, 2.75) is 205 Å². The van der Waals surface area contributed by atoms with Crippen molar-refractivity contribution in [3.63, 3.8) is 0 Å². The number of allylic oxidation sites excluding steroid dienone is 29. The summed E-state index contributed by atoms with van der Waals surface area (Å²) in [6.45, 7) is 41.9. The van der Waals surface area contributed by atoms with E-state index in [0.717, 1.165) is 36.0 Å². The van der Waals surface area contributed by atoms with Crippen molar-refractivity contribution in [2.24, 2.45) is 0 Å². The van der Waals surface area contributed by atoms with E-state index >= 15 is 0 Å². The summed E-state index contributed by atoms with van der Waals surface area (Å²) in [4.78, 5) is 0. The van der Waals surface area contributed by atoms with Crippen molar-refractivity contribution in [3.05, 3.63) is 243 Å². The smallest absolute Gasteiger partial charge is 0.0163 e. The zero-order chi connectivity index (χ0) is 52.7. The largest absolute Gasteiger partial charge is 0.0999 e. The molecule has 0 aromatic heterocycles. The molecule has 0 aromatic rings. The van der Waals surface area contributed by atoms with Crippen LogP contribution in [-0.4, -0.2) is 0 Å². The van der Waals surface area contributed by atoms with Gasteiger partial charge in [-0.15, -0.1) is 0 Å². The van der Waals surface area contributed by atoms with Gasteiger partial charge < -0.3 is 0 Å². The molecule has 72 heavy (non-hydrogen) atoms. The highest BCUT2D eigenvalue weighted by Crippen LogP contribution is 2.24. The summed E-state index contributed by atoms with van der Waals surface area (Å²) in [6, 6.07) is 0. The molecule has 392 valence electrons. The van der Waals surface area contributed by atoms with Crippen LogP contribution >= 0.6 is 0 Å². The Labute approximate surface area is 446 Å². The second-order valence-electron chi connectivity index (χ2n) is 20.5. The zero-order valence-electron chi connectivity index (χ0n) is 46.3. The Bertz CT molecular complexity index is 1880. The number of rotatable bonds is 0. The molecular formula is C72H104. The van der Waals surface area contributed by atoms with Gasteiger partial charge in [0.05, 0.1) is 0 Å². The van der Waals surface area contributed by atoms with E-state index in [0.29, 0.717) is 0 Å². The van der Waals surface area contributed by atoms with Gasteiger partial charge in [0.25, 0.3) is 0 Å². The first-order valence-electron chi connectivity index (χ1n) is 28.3. The molecule has 5 fully saturated rings.